The lowest BCUT2D eigenvalue weighted by Crippen LogP contribution is -2.48. The molecule has 0 spiro atoms. The summed E-state index contributed by atoms with van der Waals surface area (Å²) in [5, 5.41) is 2.76. The SMILES string of the molecule is CN(C(=O)CN1C(=O)NC(C)(Cc2ccc3c(c2)OCO3)C1=O)C1CCCCC1. The Balaban J connectivity index is 1.43. The molecule has 1 unspecified atom stereocenters. The molecule has 4 amide bonds. The second kappa shape index (κ2) is 7.57. The number of carbonyl (C=O) groups is 3. The van der Waals surface area contributed by atoms with E-state index < -0.39 is 11.6 Å². The van der Waals surface area contributed by atoms with Crippen LogP contribution in [-0.4, -0.2) is 59.6 Å². The molecule has 156 valence electrons. The Bertz CT molecular complexity index is 836. The Labute approximate surface area is 170 Å². The number of amides is 4. The second-order valence-electron chi connectivity index (χ2n) is 8.31. The van der Waals surface area contributed by atoms with E-state index in [1.807, 2.05) is 12.1 Å². The van der Waals surface area contributed by atoms with Gasteiger partial charge >= 0.3 is 6.03 Å². The number of nitrogens with one attached hydrogen (secondary N) is 1. The van der Waals surface area contributed by atoms with Crippen LogP contribution in [0, 0.1) is 0 Å². The summed E-state index contributed by atoms with van der Waals surface area (Å²) < 4.78 is 10.7. The van der Waals surface area contributed by atoms with Crippen molar-refractivity contribution in [1.82, 2.24) is 15.1 Å². The molecule has 0 radical (unpaired) electrons. The Hall–Kier alpha value is -2.77. The lowest BCUT2D eigenvalue weighted by molar-refractivity contribution is -0.139. The number of nitrogens with zero attached hydrogens (tertiary/aromatic N) is 2. The molecule has 1 aromatic carbocycles. The lowest BCUT2D eigenvalue weighted by Gasteiger charge is -2.32. The molecule has 3 aliphatic rings. The summed E-state index contributed by atoms with van der Waals surface area (Å²) in [4.78, 5) is 41.0. The van der Waals surface area contributed by atoms with E-state index in [1.165, 1.54) is 6.42 Å². The Morgan fingerprint density at radius 3 is 2.69 bits per heavy atom. The van der Waals surface area contributed by atoms with Gasteiger partial charge in [-0.25, -0.2) is 4.79 Å². The summed E-state index contributed by atoms with van der Waals surface area (Å²) in [6.45, 7) is 1.64. The summed E-state index contributed by atoms with van der Waals surface area (Å²) in [6, 6.07) is 5.13. The van der Waals surface area contributed by atoms with Crippen LogP contribution < -0.4 is 14.8 Å². The number of urea groups is 1. The number of ether oxygens (including phenoxy) is 2. The molecular formula is C21H27N3O5. The second-order valence-corrected chi connectivity index (χ2v) is 8.31. The van der Waals surface area contributed by atoms with Crippen LogP contribution in [0.4, 0.5) is 4.79 Å². The van der Waals surface area contributed by atoms with Crippen LogP contribution in [0.2, 0.25) is 0 Å². The minimum Gasteiger partial charge on any atom is -0.454 e. The van der Waals surface area contributed by atoms with Gasteiger partial charge in [-0.1, -0.05) is 25.3 Å². The first-order valence-electron chi connectivity index (χ1n) is 10.2. The maximum atomic E-state index is 13.0. The van der Waals surface area contributed by atoms with E-state index in [1.54, 1.807) is 24.9 Å². The van der Waals surface area contributed by atoms with E-state index in [9.17, 15) is 14.4 Å². The number of benzene rings is 1. The van der Waals surface area contributed by atoms with Gasteiger partial charge < -0.3 is 19.7 Å². The van der Waals surface area contributed by atoms with Crippen molar-refractivity contribution < 1.29 is 23.9 Å². The highest BCUT2D eigenvalue weighted by molar-refractivity contribution is 6.09. The average Bonchev–Trinajstić information content (AvgIpc) is 3.26. The van der Waals surface area contributed by atoms with Gasteiger partial charge in [-0.05, 0) is 37.5 Å². The first-order chi connectivity index (χ1) is 13.9. The molecule has 4 rings (SSSR count). The Kier molecular flexibility index (Phi) is 5.10. The smallest absolute Gasteiger partial charge is 0.325 e. The highest BCUT2D eigenvalue weighted by Crippen LogP contribution is 2.34. The van der Waals surface area contributed by atoms with E-state index in [4.69, 9.17) is 9.47 Å². The van der Waals surface area contributed by atoms with Crippen molar-refractivity contribution in [3.63, 3.8) is 0 Å². The number of fused-ring (bicyclic) bond motifs is 1. The molecule has 1 N–H and O–H groups in total. The number of hydrogen-bond acceptors (Lipinski definition) is 5. The van der Waals surface area contributed by atoms with Gasteiger partial charge in [0.2, 0.25) is 12.7 Å². The number of imide groups is 1. The van der Waals surface area contributed by atoms with Crippen LogP contribution in [0.5, 0.6) is 11.5 Å². The first-order valence-corrected chi connectivity index (χ1v) is 10.2. The minimum atomic E-state index is -1.10. The van der Waals surface area contributed by atoms with Gasteiger partial charge in [-0.2, -0.15) is 0 Å². The molecule has 8 nitrogen and oxygen atoms in total. The molecule has 1 aliphatic carbocycles. The number of hydrogen-bond donors (Lipinski definition) is 1. The fourth-order valence-electron chi connectivity index (χ4n) is 4.39. The van der Waals surface area contributed by atoms with Gasteiger partial charge in [0, 0.05) is 19.5 Å². The van der Waals surface area contributed by atoms with Crippen molar-refractivity contribution >= 4 is 17.8 Å². The zero-order valence-corrected chi connectivity index (χ0v) is 16.9. The van der Waals surface area contributed by atoms with E-state index in [0.29, 0.717) is 17.9 Å². The average molecular weight is 401 g/mol. The molecule has 1 atom stereocenters. The molecule has 29 heavy (non-hydrogen) atoms. The largest absolute Gasteiger partial charge is 0.454 e. The fraction of sp³-hybridized carbons (Fsp3) is 0.571. The molecule has 0 bridgehead atoms. The predicted octanol–water partition coefficient (Wildman–Crippen LogP) is 2.06. The monoisotopic (exact) mass is 401 g/mol. The standard InChI is InChI=1S/C21H27N3O5/c1-21(11-14-8-9-16-17(10-14)29-13-28-16)19(26)24(20(27)22-21)12-18(25)23(2)15-6-4-3-5-7-15/h8-10,15H,3-7,11-13H2,1-2H3,(H,22,27). The van der Waals surface area contributed by atoms with Gasteiger partial charge in [0.05, 0.1) is 0 Å². The van der Waals surface area contributed by atoms with Gasteiger partial charge in [0.25, 0.3) is 5.91 Å². The van der Waals surface area contributed by atoms with Gasteiger partial charge in [0.15, 0.2) is 11.5 Å². The lowest BCUT2D eigenvalue weighted by atomic mass is 9.92. The normalized spacial score (nSPS) is 24.0. The van der Waals surface area contributed by atoms with E-state index >= 15 is 0 Å². The topological polar surface area (TPSA) is 88.2 Å². The number of carbonyl (C=O) groups excluding carboxylic acids is 3. The molecule has 8 heteroatoms. The van der Waals surface area contributed by atoms with Crippen molar-refractivity contribution in [1.29, 1.82) is 0 Å². The van der Waals surface area contributed by atoms with E-state index in [2.05, 4.69) is 5.32 Å². The van der Waals surface area contributed by atoms with Crippen LogP contribution in [0.15, 0.2) is 18.2 Å². The van der Waals surface area contributed by atoms with Crippen LogP contribution in [0.25, 0.3) is 0 Å². The maximum Gasteiger partial charge on any atom is 0.325 e. The molecule has 1 saturated heterocycles. The highest BCUT2D eigenvalue weighted by atomic mass is 16.7. The Morgan fingerprint density at radius 2 is 1.93 bits per heavy atom. The molecule has 0 aromatic heterocycles. The third-order valence-corrected chi connectivity index (χ3v) is 6.15. The van der Waals surface area contributed by atoms with Gasteiger partial charge in [-0.3, -0.25) is 14.5 Å². The summed E-state index contributed by atoms with van der Waals surface area (Å²) in [5.41, 5.74) is -0.257. The summed E-state index contributed by atoms with van der Waals surface area (Å²) in [5.74, 6) is 0.709. The number of likely N-dealkylation sites (N-methyl/N-ethyl adjacent to an activating group) is 1. The summed E-state index contributed by atoms with van der Waals surface area (Å²) >= 11 is 0. The summed E-state index contributed by atoms with van der Waals surface area (Å²) in [6.07, 6.45) is 5.67. The van der Waals surface area contributed by atoms with Crippen molar-refractivity contribution in [3.8, 4) is 11.5 Å². The molecular weight excluding hydrogens is 374 g/mol. The van der Waals surface area contributed by atoms with Crippen LogP contribution in [0.3, 0.4) is 0 Å². The van der Waals surface area contributed by atoms with Crippen LogP contribution >= 0.6 is 0 Å². The third-order valence-electron chi connectivity index (χ3n) is 6.15. The molecule has 2 fully saturated rings. The van der Waals surface area contributed by atoms with Crippen molar-refractivity contribution in [2.45, 2.75) is 57.0 Å². The van der Waals surface area contributed by atoms with E-state index in [0.717, 1.165) is 36.1 Å². The van der Waals surface area contributed by atoms with Crippen molar-refractivity contribution in [3.05, 3.63) is 23.8 Å². The quantitative estimate of drug-likeness (QED) is 0.763. The zero-order chi connectivity index (χ0) is 20.6. The zero-order valence-electron chi connectivity index (χ0n) is 16.9. The maximum absolute atomic E-state index is 13.0. The molecule has 1 aromatic rings. The predicted molar refractivity (Wildman–Crippen MR) is 105 cm³/mol. The van der Waals surface area contributed by atoms with E-state index in [-0.39, 0.29) is 31.2 Å². The highest BCUT2D eigenvalue weighted by Gasteiger charge is 2.48. The van der Waals surface area contributed by atoms with Crippen LogP contribution in [0.1, 0.15) is 44.6 Å². The minimum absolute atomic E-state index is 0.177. The number of rotatable bonds is 5. The fourth-order valence-corrected chi connectivity index (χ4v) is 4.39. The Morgan fingerprint density at radius 1 is 1.21 bits per heavy atom. The molecule has 1 saturated carbocycles. The van der Waals surface area contributed by atoms with Gasteiger partial charge in [0.1, 0.15) is 12.1 Å². The van der Waals surface area contributed by atoms with Crippen molar-refractivity contribution in [2.75, 3.05) is 20.4 Å². The third kappa shape index (κ3) is 3.75. The summed E-state index contributed by atoms with van der Waals surface area (Å²) in [7, 11) is 1.77. The molecule has 2 aliphatic heterocycles. The van der Waals surface area contributed by atoms with Gasteiger partial charge in [-0.15, -0.1) is 0 Å². The molecule has 2 heterocycles. The van der Waals surface area contributed by atoms with Crippen molar-refractivity contribution in [2.24, 2.45) is 0 Å². The first kappa shape index (κ1) is 19.5. The van der Waals surface area contributed by atoms with Crippen LogP contribution in [-0.2, 0) is 16.0 Å².